The number of nitriles is 1. The number of benzene rings is 1. The number of hydrogen-bond donors (Lipinski definition) is 0. The molecule has 1 heterocycles. The molecule has 0 bridgehead atoms. The van der Waals surface area contributed by atoms with Gasteiger partial charge in [-0.3, -0.25) is 0 Å². The third kappa shape index (κ3) is 2.40. The summed E-state index contributed by atoms with van der Waals surface area (Å²) in [6.07, 6.45) is 5.58. The molecule has 0 N–H and O–H groups in total. The normalized spacial score (nSPS) is 16.9. The van der Waals surface area contributed by atoms with E-state index in [2.05, 4.69) is 9.89 Å². The summed E-state index contributed by atoms with van der Waals surface area (Å²) >= 11 is 0. The Hall–Kier alpha value is -1.82. The van der Waals surface area contributed by atoms with Gasteiger partial charge in [0.1, 0.15) is 5.84 Å². The lowest BCUT2D eigenvalue weighted by Crippen LogP contribution is -2.36. The smallest absolute Gasteiger partial charge is 0.207 e. The van der Waals surface area contributed by atoms with Crippen LogP contribution in [0, 0.1) is 11.5 Å². The second-order valence-electron chi connectivity index (χ2n) is 3.95. The molecule has 3 heteroatoms. The zero-order valence-electron chi connectivity index (χ0n) is 9.26. The van der Waals surface area contributed by atoms with E-state index in [-0.39, 0.29) is 0 Å². The third-order valence-electron chi connectivity index (χ3n) is 2.84. The van der Waals surface area contributed by atoms with E-state index >= 15 is 0 Å². The highest BCUT2D eigenvalue weighted by Gasteiger charge is 2.16. The van der Waals surface area contributed by atoms with Gasteiger partial charge in [-0.1, -0.05) is 30.3 Å². The predicted molar refractivity (Wildman–Crippen MR) is 64.0 cm³/mol. The van der Waals surface area contributed by atoms with Gasteiger partial charge in [-0.25, -0.2) is 0 Å². The highest BCUT2D eigenvalue weighted by molar-refractivity contribution is 5.99. The van der Waals surface area contributed by atoms with Gasteiger partial charge in [-0.2, -0.15) is 10.3 Å². The summed E-state index contributed by atoms with van der Waals surface area (Å²) in [6.45, 7) is 2.02. The van der Waals surface area contributed by atoms with Crippen molar-refractivity contribution >= 4 is 5.84 Å². The number of amidine groups is 1. The molecule has 16 heavy (non-hydrogen) atoms. The Morgan fingerprint density at radius 3 is 2.44 bits per heavy atom. The van der Waals surface area contributed by atoms with Gasteiger partial charge < -0.3 is 4.90 Å². The van der Waals surface area contributed by atoms with Crippen molar-refractivity contribution in [2.24, 2.45) is 4.99 Å². The summed E-state index contributed by atoms with van der Waals surface area (Å²) in [7, 11) is 0. The number of likely N-dealkylation sites (tertiary alicyclic amines) is 1. The van der Waals surface area contributed by atoms with Gasteiger partial charge in [0.05, 0.1) is 0 Å². The summed E-state index contributed by atoms with van der Waals surface area (Å²) in [5.74, 6) is 0.822. The molecule has 0 aliphatic carbocycles. The summed E-state index contributed by atoms with van der Waals surface area (Å²) in [5, 5.41) is 8.76. The lowest BCUT2D eigenvalue weighted by atomic mass is 10.1. The van der Waals surface area contributed by atoms with E-state index in [0.29, 0.717) is 0 Å². The fraction of sp³-hybridized carbons (Fsp3) is 0.385. The molecule has 0 saturated carbocycles. The fourth-order valence-corrected chi connectivity index (χ4v) is 2.06. The lowest BCUT2D eigenvalue weighted by molar-refractivity contribution is 0.343. The third-order valence-corrected chi connectivity index (χ3v) is 2.84. The van der Waals surface area contributed by atoms with E-state index < -0.39 is 0 Å². The second kappa shape index (κ2) is 5.32. The highest BCUT2D eigenvalue weighted by Crippen LogP contribution is 2.13. The predicted octanol–water partition coefficient (Wildman–Crippen LogP) is 2.40. The molecule has 0 radical (unpaired) electrons. The maximum Gasteiger partial charge on any atom is 0.207 e. The van der Waals surface area contributed by atoms with Crippen molar-refractivity contribution in [1.82, 2.24) is 4.90 Å². The van der Waals surface area contributed by atoms with Gasteiger partial charge in [0.2, 0.25) is 6.19 Å². The first-order valence-corrected chi connectivity index (χ1v) is 5.69. The molecule has 82 valence electrons. The van der Waals surface area contributed by atoms with Crippen LogP contribution in [0.5, 0.6) is 0 Å². The van der Waals surface area contributed by atoms with E-state index in [1.165, 1.54) is 19.3 Å². The largest absolute Gasteiger partial charge is 0.355 e. The van der Waals surface area contributed by atoms with Crippen LogP contribution >= 0.6 is 0 Å². The quantitative estimate of drug-likeness (QED) is 0.408. The van der Waals surface area contributed by atoms with Gasteiger partial charge in [0.15, 0.2) is 0 Å². The van der Waals surface area contributed by atoms with Crippen molar-refractivity contribution in [3.8, 4) is 6.19 Å². The molecular formula is C13H15N3. The number of rotatable bonds is 1. The van der Waals surface area contributed by atoms with Crippen molar-refractivity contribution in [1.29, 1.82) is 5.26 Å². The summed E-state index contributed by atoms with van der Waals surface area (Å²) in [5.41, 5.74) is 1.03. The van der Waals surface area contributed by atoms with Gasteiger partial charge in [0.25, 0.3) is 0 Å². The minimum absolute atomic E-state index is 0.822. The molecule has 0 atom stereocenters. The minimum Gasteiger partial charge on any atom is -0.355 e. The molecular weight excluding hydrogens is 198 g/mol. The topological polar surface area (TPSA) is 39.4 Å². The van der Waals surface area contributed by atoms with Crippen LogP contribution in [0.3, 0.4) is 0 Å². The zero-order chi connectivity index (χ0) is 11.2. The monoisotopic (exact) mass is 213 g/mol. The number of nitrogens with zero attached hydrogens (tertiary/aromatic N) is 3. The Morgan fingerprint density at radius 2 is 1.81 bits per heavy atom. The fourth-order valence-electron chi connectivity index (χ4n) is 2.06. The summed E-state index contributed by atoms with van der Waals surface area (Å²) < 4.78 is 0. The van der Waals surface area contributed by atoms with Crippen molar-refractivity contribution in [2.75, 3.05) is 13.1 Å². The van der Waals surface area contributed by atoms with Crippen molar-refractivity contribution in [3.05, 3.63) is 35.9 Å². The first-order chi connectivity index (χ1) is 7.92. The molecule has 0 aromatic heterocycles. The molecule has 1 aromatic rings. The lowest BCUT2D eigenvalue weighted by Gasteiger charge is -2.29. The van der Waals surface area contributed by atoms with Crippen LogP contribution in [0.1, 0.15) is 24.8 Å². The average molecular weight is 213 g/mol. The molecule has 1 aliphatic heterocycles. The molecule has 2 rings (SSSR count). The minimum atomic E-state index is 0.822. The maximum absolute atomic E-state index is 8.76. The molecule has 0 spiro atoms. The van der Waals surface area contributed by atoms with Crippen LogP contribution in [0.2, 0.25) is 0 Å². The van der Waals surface area contributed by atoms with Crippen LogP contribution in [0.15, 0.2) is 35.3 Å². The van der Waals surface area contributed by atoms with E-state index in [1.807, 2.05) is 36.5 Å². The Morgan fingerprint density at radius 1 is 1.12 bits per heavy atom. The number of piperidine rings is 1. The maximum atomic E-state index is 8.76. The van der Waals surface area contributed by atoms with Crippen LogP contribution < -0.4 is 0 Å². The molecule has 1 saturated heterocycles. The van der Waals surface area contributed by atoms with Crippen molar-refractivity contribution in [2.45, 2.75) is 19.3 Å². The summed E-state index contributed by atoms with van der Waals surface area (Å²) in [6, 6.07) is 9.94. The Kier molecular flexibility index (Phi) is 3.55. The van der Waals surface area contributed by atoms with Crippen molar-refractivity contribution in [3.63, 3.8) is 0 Å². The Labute approximate surface area is 96.0 Å². The van der Waals surface area contributed by atoms with Gasteiger partial charge in [-0.05, 0) is 19.3 Å². The van der Waals surface area contributed by atoms with Crippen LogP contribution in [0.25, 0.3) is 0 Å². The standard InChI is InChI=1S/C13H15N3/c14-11-15-13(12-7-3-1-4-8-12)16-9-5-2-6-10-16/h1,3-4,7-8H,2,5-6,9-10H2. The van der Waals surface area contributed by atoms with Gasteiger partial charge >= 0.3 is 0 Å². The highest BCUT2D eigenvalue weighted by atomic mass is 15.2. The summed E-state index contributed by atoms with van der Waals surface area (Å²) in [4.78, 5) is 6.18. The molecule has 1 fully saturated rings. The van der Waals surface area contributed by atoms with Crippen LogP contribution in [0.4, 0.5) is 0 Å². The van der Waals surface area contributed by atoms with E-state index in [1.54, 1.807) is 0 Å². The number of aliphatic imine (C=N–C) groups is 1. The van der Waals surface area contributed by atoms with E-state index in [9.17, 15) is 0 Å². The molecule has 1 aliphatic rings. The SMILES string of the molecule is N#CN=C(c1ccccc1)N1CCCCC1. The second-order valence-corrected chi connectivity index (χ2v) is 3.95. The molecule has 0 unspecified atom stereocenters. The average Bonchev–Trinajstić information content (AvgIpc) is 2.38. The molecule has 0 amide bonds. The molecule has 3 nitrogen and oxygen atoms in total. The zero-order valence-corrected chi connectivity index (χ0v) is 9.26. The number of hydrogen-bond acceptors (Lipinski definition) is 2. The van der Waals surface area contributed by atoms with Gasteiger partial charge in [-0.15, -0.1) is 0 Å². The molecule has 1 aromatic carbocycles. The van der Waals surface area contributed by atoms with Crippen molar-refractivity contribution < 1.29 is 0 Å². The van der Waals surface area contributed by atoms with E-state index in [4.69, 9.17) is 5.26 Å². The first-order valence-electron chi connectivity index (χ1n) is 5.69. The first kappa shape index (κ1) is 10.7. The van der Waals surface area contributed by atoms with Crippen LogP contribution in [-0.4, -0.2) is 23.8 Å². The Bertz CT molecular complexity index is 397. The van der Waals surface area contributed by atoms with Gasteiger partial charge in [0, 0.05) is 18.7 Å². The van der Waals surface area contributed by atoms with E-state index in [0.717, 1.165) is 24.5 Å². The van der Waals surface area contributed by atoms with Crippen LogP contribution in [-0.2, 0) is 0 Å². The Balaban J connectivity index is 2.24.